The van der Waals surface area contributed by atoms with Crippen LogP contribution in [0.4, 0.5) is 0 Å². The molecule has 0 saturated carbocycles. The molecule has 0 radical (unpaired) electrons. The van der Waals surface area contributed by atoms with Crippen LogP contribution in [0.15, 0.2) is 42.7 Å². The first kappa shape index (κ1) is 13.4. The number of benzene rings is 1. The van der Waals surface area contributed by atoms with Gasteiger partial charge in [-0.15, -0.1) is 11.6 Å². The summed E-state index contributed by atoms with van der Waals surface area (Å²) >= 11 is 12.4. The Morgan fingerprint density at radius 2 is 1.95 bits per heavy atom. The Balaban J connectivity index is 2.15. The first-order chi connectivity index (χ1) is 9.65. The molecule has 2 heterocycles. The summed E-state index contributed by atoms with van der Waals surface area (Å²) in [6.45, 7) is 2.62. The lowest BCUT2D eigenvalue weighted by Crippen LogP contribution is -2.05. The summed E-state index contributed by atoms with van der Waals surface area (Å²) in [5.74, 6) is 0.848. The van der Waals surface area contributed by atoms with Crippen LogP contribution >= 0.6 is 23.2 Å². The fraction of sp³-hybridized carbons (Fsp3) is 0.200. The lowest BCUT2D eigenvalue weighted by atomic mass is 10.2. The second-order valence-electron chi connectivity index (χ2n) is 4.66. The number of hydrogen-bond acceptors (Lipinski definition) is 2. The zero-order chi connectivity index (χ0) is 14.1. The maximum atomic E-state index is 6.26. The number of aromatic nitrogens is 3. The van der Waals surface area contributed by atoms with Crippen LogP contribution < -0.4 is 0 Å². The molecule has 20 heavy (non-hydrogen) atoms. The van der Waals surface area contributed by atoms with Crippen molar-refractivity contribution in [2.24, 2.45) is 0 Å². The Morgan fingerprint density at radius 3 is 2.65 bits per heavy atom. The van der Waals surface area contributed by atoms with Gasteiger partial charge in [-0.3, -0.25) is 4.98 Å². The third kappa shape index (κ3) is 2.51. The van der Waals surface area contributed by atoms with Crippen LogP contribution in [0.2, 0.25) is 5.02 Å². The van der Waals surface area contributed by atoms with Crippen molar-refractivity contribution in [3.05, 3.63) is 59.1 Å². The second-order valence-corrected chi connectivity index (χ2v) is 5.75. The van der Waals surface area contributed by atoms with Gasteiger partial charge in [0.15, 0.2) is 0 Å². The highest BCUT2D eigenvalue weighted by Gasteiger charge is 2.15. The summed E-state index contributed by atoms with van der Waals surface area (Å²) < 4.78 is 2.11. The molecule has 0 N–H and O–H groups in total. The van der Waals surface area contributed by atoms with Gasteiger partial charge >= 0.3 is 0 Å². The highest BCUT2D eigenvalue weighted by Crippen LogP contribution is 2.27. The van der Waals surface area contributed by atoms with Crippen molar-refractivity contribution in [2.75, 3.05) is 0 Å². The van der Waals surface area contributed by atoms with Crippen LogP contribution in [0.1, 0.15) is 23.7 Å². The molecule has 0 saturated heterocycles. The minimum atomic E-state index is -0.164. The van der Waals surface area contributed by atoms with Gasteiger partial charge in [0.1, 0.15) is 5.82 Å². The van der Waals surface area contributed by atoms with Gasteiger partial charge in [0.2, 0.25) is 0 Å². The number of imidazole rings is 1. The van der Waals surface area contributed by atoms with Crippen molar-refractivity contribution in [2.45, 2.75) is 18.8 Å². The first-order valence-electron chi connectivity index (χ1n) is 6.34. The van der Waals surface area contributed by atoms with Gasteiger partial charge in [0.25, 0.3) is 0 Å². The highest BCUT2D eigenvalue weighted by molar-refractivity contribution is 6.31. The molecule has 102 valence electrons. The topological polar surface area (TPSA) is 30.7 Å². The number of halogens is 2. The number of fused-ring (bicyclic) bond motifs is 1. The molecule has 0 bridgehead atoms. The zero-order valence-corrected chi connectivity index (χ0v) is 12.4. The smallest absolute Gasteiger partial charge is 0.128 e. The summed E-state index contributed by atoms with van der Waals surface area (Å²) in [5, 5.41) is 0.533. The summed E-state index contributed by atoms with van der Waals surface area (Å²) in [7, 11) is 0. The number of pyridine rings is 1. The van der Waals surface area contributed by atoms with E-state index in [1.807, 2.05) is 37.3 Å². The van der Waals surface area contributed by atoms with Crippen molar-refractivity contribution >= 4 is 34.2 Å². The van der Waals surface area contributed by atoms with Gasteiger partial charge in [0, 0.05) is 24.0 Å². The molecule has 0 fully saturated rings. The Kier molecular flexibility index (Phi) is 3.64. The molecular formula is C15H13Cl2N3. The fourth-order valence-electron chi connectivity index (χ4n) is 2.26. The maximum absolute atomic E-state index is 6.26. The van der Waals surface area contributed by atoms with Crippen LogP contribution in [0, 0.1) is 0 Å². The molecule has 0 aliphatic rings. The number of hydrogen-bond donors (Lipinski definition) is 0. The van der Waals surface area contributed by atoms with E-state index < -0.39 is 0 Å². The molecule has 3 nitrogen and oxygen atoms in total. The predicted molar refractivity (Wildman–Crippen MR) is 82.4 cm³/mol. The normalized spacial score (nSPS) is 12.8. The number of rotatable bonds is 3. The molecule has 3 aromatic rings. The quantitative estimate of drug-likeness (QED) is 0.670. The van der Waals surface area contributed by atoms with Crippen LogP contribution in [-0.4, -0.2) is 14.5 Å². The number of nitrogens with zero attached hydrogens (tertiary/aromatic N) is 3. The van der Waals surface area contributed by atoms with E-state index in [1.165, 1.54) is 0 Å². The molecule has 0 amide bonds. The SMILES string of the molecule is CC(Cl)c1nc2ccc(Cl)cc2n1Cc1ccncc1. The van der Waals surface area contributed by atoms with Crippen molar-refractivity contribution in [1.82, 2.24) is 14.5 Å². The van der Waals surface area contributed by atoms with E-state index in [1.54, 1.807) is 12.4 Å². The van der Waals surface area contributed by atoms with E-state index in [9.17, 15) is 0 Å². The Morgan fingerprint density at radius 1 is 1.20 bits per heavy atom. The van der Waals surface area contributed by atoms with Gasteiger partial charge in [-0.25, -0.2) is 4.98 Å². The third-order valence-corrected chi connectivity index (χ3v) is 3.62. The molecule has 0 aliphatic heterocycles. The summed E-state index contributed by atoms with van der Waals surface area (Å²) in [6.07, 6.45) is 3.57. The van der Waals surface area contributed by atoms with Gasteiger partial charge in [0.05, 0.1) is 16.4 Å². The average Bonchev–Trinajstić information content (AvgIpc) is 2.78. The predicted octanol–water partition coefficient (Wildman–Crippen LogP) is 4.43. The Labute approximate surface area is 127 Å². The van der Waals surface area contributed by atoms with Crippen LogP contribution in [0.25, 0.3) is 11.0 Å². The standard InChI is InChI=1S/C15H13Cl2N3/c1-10(16)15-19-13-3-2-12(17)8-14(13)20(15)9-11-4-6-18-7-5-11/h2-8,10H,9H2,1H3. The minimum Gasteiger partial charge on any atom is -0.322 e. The van der Waals surface area contributed by atoms with E-state index in [0.29, 0.717) is 11.6 Å². The highest BCUT2D eigenvalue weighted by atomic mass is 35.5. The molecule has 2 aromatic heterocycles. The molecule has 3 rings (SSSR count). The summed E-state index contributed by atoms with van der Waals surface area (Å²) in [5.41, 5.74) is 3.06. The summed E-state index contributed by atoms with van der Waals surface area (Å²) in [4.78, 5) is 8.64. The third-order valence-electron chi connectivity index (χ3n) is 3.19. The van der Waals surface area contributed by atoms with Crippen LogP contribution in [0.5, 0.6) is 0 Å². The lowest BCUT2D eigenvalue weighted by molar-refractivity contribution is 0.742. The van der Waals surface area contributed by atoms with Gasteiger partial charge in [-0.1, -0.05) is 11.6 Å². The van der Waals surface area contributed by atoms with E-state index in [2.05, 4.69) is 14.5 Å². The van der Waals surface area contributed by atoms with Crippen molar-refractivity contribution in [3.8, 4) is 0 Å². The van der Waals surface area contributed by atoms with Crippen molar-refractivity contribution in [1.29, 1.82) is 0 Å². The Hall–Kier alpha value is -1.58. The fourth-order valence-corrected chi connectivity index (χ4v) is 2.59. The van der Waals surface area contributed by atoms with Gasteiger partial charge < -0.3 is 4.57 Å². The number of alkyl halides is 1. The van der Waals surface area contributed by atoms with Crippen molar-refractivity contribution in [3.63, 3.8) is 0 Å². The van der Waals surface area contributed by atoms with Gasteiger partial charge in [-0.2, -0.15) is 0 Å². The van der Waals surface area contributed by atoms with Gasteiger partial charge in [-0.05, 0) is 42.8 Å². The average molecular weight is 306 g/mol. The van der Waals surface area contributed by atoms with E-state index in [4.69, 9.17) is 23.2 Å². The lowest BCUT2D eigenvalue weighted by Gasteiger charge is -2.10. The molecule has 0 aliphatic carbocycles. The molecule has 1 atom stereocenters. The second kappa shape index (κ2) is 5.43. The van der Waals surface area contributed by atoms with Crippen LogP contribution in [-0.2, 0) is 6.54 Å². The monoisotopic (exact) mass is 305 g/mol. The van der Waals surface area contributed by atoms with Crippen molar-refractivity contribution < 1.29 is 0 Å². The molecule has 5 heteroatoms. The van der Waals surface area contributed by atoms with E-state index in [-0.39, 0.29) is 5.38 Å². The maximum Gasteiger partial charge on any atom is 0.128 e. The zero-order valence-electron chi connectivity index (χ0n) is 10.9. The molecular weight excluding hydrogens is 293 g/mol. The van der Waals surface area contributed by atoms with Crippen LogP contribution in [0.3, 0.4) is 0 Å². The Bertz CT molecular complexity index is 735. The largest absolute Gasteiger partial charge is 0.322 e. The minimum absolute atomic E-state index is 0.164. The summed E-state index contributed by atoms with van der Waals surface area (Å²) in [6, 6.07) is 9.66. The molecule has 0 spiro atoms. The van der Waals surface area contributed by atoms with E-state index in [0.717, 1.165) is 22.4 Å². The molecule has 1 aromatic carbocycles. The first-order valence-corrected chi connectivity index (χ1v) is 7.15. The molecule has 1 unspecified atom stereocenters. The van der Waals surface area contributed by atoms with E-state index >= 15 is 0 Å².